The van der Waals surface area contributed by atoms with Gasteiger partial charge in [0.2, 0.25) is 0 Å². The molecule has 0 aliphatic carbocycles. The zero-order valence-electron chi connectivity index (χ0n) is 39.9. The fourth-order valence-corrected chi connectivity index (χ4v) is 10.3. The van der Waals surface area contributed by atoms with E-state index in [-0.39, 0.29) is 0 Å². The molecule has 12 aromatic rings. The summed E-state index contributed by atoms with van der Waals surface area (Å²) in [6.07, 6.45) is 0. The van der Waals surface area contributed by atoms with Crippen LogP contribution in [0.25, 0.3) is 111 Å². The van der Waals surface area contributed by atoms with E-state index < -0.39 is 0 Å². The highest BCUT2D eigenvalue weighted by molar-refractivity contribution is 6.13. The van der Waals surface area contributed by atoms with Crippen LogP contribution in [-0.4, -0.2) is 19.1 Å². The number of benzene rings is 9. The van der Waals surface area contributed by atoms with Crippen LogP contribution in [0.15, 0.2) is 188 Å². The van der Waals surface area contributed by atoms with E-state index in [4.69, 9.17) is 9.97 Å². The van der Waals surface area contributed by atoms with Gasteiger partial charge in [-0.2, -0.15) is 26.3 Å². The lowest BCUT2D eigenvalue weighted by Gasteiger charge is -2.19. The van der Waals surface area contributed by atoms with E-state index in [0.717, 1.165) is 99.5 Å². The minimum absolute atomic E-state index is 0.399. The van der Waals surface area contributed by atoms with Crippen molar-refractivity contribution >= 4 is 43.6 Å². The zero-order valence-corrected chi connectivity index (χ0v) is 39.9. The van der Waals surface area contributed by atoms with Crippen molar-refractivity contribution in [3.63, 3.8) is 0 Å². The summed E-state index contributed by atoms with van der Waals surface area (Å²) < 4.78 is 4.36. The predicted octanol–water partition coefficient (Wildman–Crippen LogP) is 15.0. The molecule has 0 fully saturated rings. The molecule has 0 spiro atoms. The Hall–Kier alpha value is -10.9. The molecule has 0 aliphatic rings. The van der Waals surface area contributed by atoms with E-state index in [9.17, 15) is 26.3 Å². The minimum Gasteiger partial charge on any atom is -0.308 e. The number of nitrogens with zero attached hydrogens (tertiary/aromatic N) is 9. The van der Waals surface area contributed by atoms with E-state index >= 15 is 0 Å². The van der Waals surface area contributed by atoms with Crippen LogP contribution in [0.5, 0.6) is 0 Å². The number of aromatic nitrogens is 4. The standard InChI is InChI=1S/C65H37N9/c1-39-27-40(2)72-65(71-39)53-32-63(73-59-28-49(45-11-3-41(34-66)4-12-45)19-23-54(59)55-24-20-50(29-60(55)73)46-13-5-42(35-67)6-14-46)58(38-70)64(33-53)74-61-30-51(47-15-7-43(36-68)8-16-47)21-25-56(61)57-26-22-52(31-62(57)74)48-17-9-44(37-69)10-18-48/h3-33H,1-2H3. The Labute approximate surface area is 425 Å². The molecule has 9 heteroatoms. The molecule has 0 atom stereocenters. The Bertz CT molecular complexity index is 4020. The molecule has 0 unspecified atom stereocenters. The van der Waals surface area contributed by atoms with E-state index in [1.54, 1.807) is 0 Å². The molecule has 9 aromatic carbocycles. The lowest BCUT2D eigenvalue weighted by molar-refractivity contribution is 1.05. The minimum atomic E-state index is 0.399. The maximum absolute atomic E-state index is 11.9. The third-order valence-electron chi connectivity index (χ3n) is 13.9. The number of nitriles is 5. The fourth-order valence-electron chi connectivity index (χ4n) is 10.3. The first kappa shape index (κ1) is 44.3. The number of hydrogen-bond acceptors (Lipinski definition) is 7. The highest BCUT2D eigenvalue weighted by Crippen LogP contribution is 2.43. The lowest BCUT2D eigenvalue weighted by atomic mass is 10.0. The molecule has 342 valence electrons. The summed E-state index contributed by atoms with van der Waals surface area (Å²) in [6.45, 7) is 3.91. The summed E-state index contributed by atoms with van der Waals surface area (Å²) in [4.78, 5) is 10.0. The lowest BCUT2D eigenvalue weighted by Crippen LogP contribution is -2.06. The van der Waals surface area contributed by atoms with Gasteiger partial charge in [0.25, 0.3) is 0 Å². The van der Waals surface area contributed by atoms with Crippen LogP contribution >= 0.6 is 0 Å². The van der Waals surface area contributed by atoms with E-state index in [1.807, 2.05) is 129 Å². The Morgan fingerprint density at radius 2 is 0.568 bits per heavy atom. The SMILES string of the molecule is Cc1cc(C)nc(-c2cc(-n3c4cc(-c5ccc(C#N)cc5)ccc4c4ccc(-c5ccc(C#N)cc5)cc43)c(C#N)c(-n3c4cc(-c5ccc(C#N)cc5)ccc4c4ccc(-c5ccc(C#N)cc5)cc43)c2)n1. The van der Waals surface area contributed by atoms with Crippen molar-refractivity contribution in [2.45, 2.75) is 13.8 Å². The third kappa shape index (κ3) is 7.54. The van der Waals surface area contributed by atoms with Crippen LogP contribution in [0.3, 0.4) is 0 Å². The van der Waals surface area contributed by atoms with Gasteiger partial charge >= 0.3 is 0 Å². The van der Waals surface area contributed by atoms with Gasteiger partial charge in [0, 0.05) is 38.5 Å². The maximum atomic E-state index is 11.9. The summed E-state index contributed by atoms with van der Waals surface area (Å²) in [5, 5.41) is 54.4. The van der Waals surface area contributed by atoms with Gasteiger partial charge in [-0.15, -0.1) is 0 Å². The van der Waals surface area contributed by atoms with Gasteiger partial charge < -0.3 is 9.13 Å². The van der Waals surface area contributed by atoms with E-state index in [0.29, 0.717) is 50.6 Å². The Balaban J connectivity index is 1.22. The number of rotatable bonds is 7. The molecular formula is C65H37N9. The second-order valence-corrected chi connectivity index (χ2v) is 18.3. The molecular weight excluding hydrogens is 907 g/mol. The molecule has 74 heavy (non-hydrogen) atoms. The summed E-state index contributed by atoms with van der Waals surface area (Å²) in [5.74, 6) is 0.504. The van der Waals surface area contributed by atoms with E-state index in [2.05, 4.69) is 112 Å². The molecule has 0 aliphatic heterocycles. The predicted molar refractivity (Wildman–Crippen MR) is 291 cm³/mol. The molecule has 0 N–H and O–H groups in total. The average molecular weight is 944 g/mol. The quantitative estimate of drug-likeness (QED) is 0.154. The van der Waals surface area contributed by atoms with Crippen LogP contribution in [0.1, 0.15) is 39.2 Å². The topological polar surface area (TPSA) is 155 Å². The molecule has 3 heterocycles. The normalized spacial score (nSPS) is 11.0. The van der Waals surface area contributed by atoms with Crippen molar-refractivity contribution in [3.05, 3.63) is 227 Å². The monoisotopic (exact) mass is 943 g/mol. The maximum Gasteiger partial charge on any atom is 0.159 e. The highest BCUT2D eigenvalue weighted by Gasteiger charge is 2.25. The Kier molecular flexibility index (Phi) is 10.7. The second kappa shape index (κ2) is 17.8. The van der Waals surface area contributed by atoms with Gasteiger partial charge in [0.05, 0.1) is 80.0 Å². The molecule has 9 nitrogen and oxygen atoms in total. The molecule has 12 rings (SSSR count). The first-order valence-electron chi connectivity index (χ1n) is 23.8. The van der Waals surface area contributed by atoms with Gasteiger partial charge in [-0.3, -0.25) is 0 Å². The fraction of sp³-hybridized carbons (Fsp3) is 0.0308. The average Bonchev–Trinajstić information content (AvgIpc) is 3.96. The van der Waals surface area contributed by atoms with Gasteiger partial charge in [0.15, 0.2) is 5.82 Å². The molecule has 3 aromatic heterocycles. The number of aryl methyl sites for hydroxylation is 2. The van der Waals surface area contributed by atoms with Crippen LogP contribution in [-0.2, 0) is 0 Å². The zero-order chi connectivity index (χ0) is 50.6. The van der Waals surface area contributed by atoms with Crippen molar-refractivity contribution in [1.82, 2.24) is 19.1 Å². The van der Waals surface area contributed by atoms with E-state index in [1.165, 1.54) is 0 Å². The molecule has 0 saturated heterocycles. The summed E-state index contributed by atoms with van der Waals surface area (Å²) >= 11 is 0. The van der Waals surface area contributed by atoms with Crippen molar-refractivity contribution in [3.8, 4) is 97.6 Å². The summed E-state index contributed by atoms with van der Waals surface area (Å²) in [5.41, 5.74) is 17.0. The van der Waals surface area contributed by atoms with Gasteiger partial charge in [0.1, 0.15) is 11.6 Å². The Morgan fingerprint density at radius 3 is 0.824 bits per heavy atom. The molecule has 0 saturated carbocycles. The third-order valence-corrected chi connectivity index (χ3v) is 13.9. The van der Waals surface area contributed by atoms with Crippen LogP contribution in [0.2, 0.25) is 0 Å². The first-order chi connectivity index (χ1) is 36.2. The first-order valence-corrected chi connectivity index (χ1v) is 23.8. The van der Waals surface area contributed by atoms with Gasteiger partial charge in [-0.1, -0.05) is 97.1 Å². The van der Waals surface area contributed by atoms with Gasteiger partial charge in [-0.25, -0.2) is 9.97 Å². The summed E-state index contributed by atoms with van der Waals surface area (Å²) in [6, 6.07) is 73.2. The largest absolute Gasteiger partial charge is 0.308 e. The van der Waals surface area contributed by atoms with Crippen molar-refractivity contribution in [1.29, 1.82) is 26.3 Å². The Morgan fingerprint density at radius 1 is 0.297 bits per heavy atom. The van der Waals surface area contributed by atoms with Crippen LogP contribution in [0.4, 0.5) is 0 Å². The molecule has 0 radical (unpaired) electrons. The van der Waals surface area contributed by atoms with Crippen molar-refractivity contribution in [2.24, 2.45) is 0 Å². The van der Waals surface area contributed by atoms with Crippen LogP contribution in [0, 0.1) is 70.5 Å². The summed E-state index contributed by atoms with van der Waals surface area (Å²) in [7, 11) is 0. The second-order valence-electron chi connectivity index (χ2n) is 18.3. The molecule has 0 amide bonds. The van der Waals surface area contributed by atoms with Crippen LogP contribution < -0.4 is 0 Å². The smallest absolute Gasteiger partial charge is 0.159 e. The number of hydrogen-bond donors (Lipinski definition) is 0. The highest BCUT2D eigenvalue weighted by atomic mass is 15.0. The van der Waals surface area contributed by atoms with Crippen molar-refractivity contribution < 1.29 is 0 Å². The van der Waals surface area contributed by atoms with Gasteiger partial charge in [-0.05, 0) is 149 Å². The molecule has 0 bridgehead atoms. The number of fused-ring (bicyclic) bond motifs is 6. The van der Waals surface area contributed by atoms with Crippen molar-refractivity contribution in [2.75, 3.05) is 0 Å².